The molecule has 2 fully saturated rings. The van der Waals surface area contributed by atoms with Gasteiger partial charge in [-0.15, -0.1) is 0 Å². The fourth-order valence-electron chi connectivity index (χ4n) is 5.90. The molecule has 1 saturated heterocycles. The first-order valence-corrected chi connectivity index (χ1v) is 13.9. The van der Waals surface area contributed by atoms with E-state index in [2.05, 4.69) is 78.8 Å². The molecular formula is C31H41N3O2. The van der Waals surface area contributed by atoms with Gasteiger partial charge in [-0.3, -0.25) is 4.79 Å². The van der Waals surface area contributed by atoms with Crippen LogP contribution in [0.5, 0.6) is 5.75 Å². The number of amides is 1. The van der Waals surface area contributed by atoms with Crippen molar-refractivity contribution >= 4 is 16.9 Å². The van der Waals surface area contributed by atoms with Crippen LogP contribution in [-0.4, -0.2) is 39.6 Å². The molecule has 0 spiro atoms. The highest BCUT2D eigenvalue weighted by Crippen LogP contribution is 2.34. The summed E-state index contributed by atoms with van der Waals surface area (Å²) in [5.41, 5.74) is 3.68. The first-order valence-electron chi connectivity index (χ1n) is 13.9. The summed E-state index contributed by atoms with van der Waals surface area (Å²) in [5.74, 6) is 2.52. The zero-order chi connectivity index (χ0) is 25.1. The number of para-hydroxylation sites is 2. The summed E-state index contributed by atoms with van der Waals surface area (Å²) in [7, 11) is 0. The molecule has 0 bridgehead atoms. The van der Waals surface area contributed by atoms with Crippen molar-refractivity contribution in [1.29, 1.82) is 0 Å². The molecule has 2 aromatic carbocycles. The van der Waals surface area contributed by atoms with E-state index >= 15 is 0 Å². The van der Waals surface area contributed by atoms with Crippen LogP contribution in [0.2, 0.25) is 0 Å². The quantitative estimate of drug-likeness (QED) is 0.327. The van der Waals surface area contributed by atoms with Gasteiger partial charge in [-0.1, -0.05) is 64.3 Å². The molecule has 1 aliphatic heterocycles. The maximum absolute atomic E-state index is 13.0. The number of unbranched alkanes of at least 4 members (excludes halogenated alkanes) is 1. The van der Waals surface area contributed by atoms with Gasteiger partial charge in [0.05, 0.1) is 17.6 Å². The van der Waals surface area contributed by atoms with E-state index in [9.17, 15) is 4.79 Å². The second-order valence-electron chi connectivity index (χ2n) is 11.7. The minimum absolute atomic E-state index is 0.154. The number of fused-ring (bicyclic) bond motifs is 1. The number of carbonyl (C=O) groups excluding carboxylic acids is 1. The highest BCUT2D eigenvalue weighted by molar-refractivity contribution is 5.81. The molecule has 192 valence electrons. The lowest BCUT2D eigenvalue weighted by molar-refractivity contribution is -0.130. The molecule has 0 N–H and O–H groups in total. The standard InChI is InChI=1S/C31H41N3O2/c1-31(2,3)24-15-17-26(18-16-24)36-20-10-9-19-33-28-14-8-7-13-27(28)32-30(33)23-21-29(35)34(22-23)25-11-5-4-6-12-25/h7-8,13-18,23,25H,4-6,9-12,19-22H2,1-3H3. The number of nitrogens with zero attached hydrogens (tertiary/aromatic N) is 3. The number of aromatic nitrogens is 2. The van der Waals surface area contributed by atoms with Gasteiger partial charge in [-0.05, 0) is 60.9 Å². The van der Waals surface area contributed by atoms with Crippen LogP contribution in [-0.2, 0) is 16.8 Å². The number of rotatable bonds is 8. The van der Waals surface area contributed by atoms with Gasteiger partial charge in [-0.2, -0.15) is 0 Å². The van der Waals surface area contributed by atoms with Crippen molar-refractivity contribution in [1.82, 2.24) is 14.5 Å². The molecule has 1 aromatic heterocycles. The van der Waals surface area contributed by atoms with Crippen molar-refractivity contribution in [2.75, 3.05) is 13.2 Å². The van der Waals surface area contributed by atoms with Gasteiger partial charge >= 0.3 is 0 Å². The van der Waals surface area contributed by atoms with Gasteiger partial charge in [0.25, 0.3) is 0 Å². The molecule has 2 heterocycles. The molecular weight excluding hydrogens is 446 g/mol. The molecule has 2 aliphatic rings. The van der Waals surface area contributed by atoms with Crippen LogP contribution in [0.25, 0.3) is 11.0 Å². The highest BCUT2D eigenvalue weighted by atomic mass is 16.5. The Morgan fingerprint density at radius 3 is 2.47 bits per heavy atom. The van der Waals surface area contributed by atoms with Crippen LogP contribution in [0.15, 0.2) is 48.5 Å². The molecule has 3 aromatic rings. The zero-order valence-corrected chi connectivity index (χ0v) is 22.2. The van der Waals surface area contributed by atoms with Crippen LogP contribution < -0.4 is 4.74 Å². The van der Waals surface area contributed by atoms with Crippen molar-refractivity contribution in [2.24, 2.45) is 0 Å². The van der Waals surface area contributed by atoms with Gasteiger partial charge in [0.1, 0.15) is 11.6 Å². The van der Waals surface area contributed by atoms with Crippen LogP contribution in [0.3, 0.4) is 0 Å². The van der Waals surface area contributed by atoms with E-state index in [0.29, 0.717) is 25.0 Å². The van der Waals surface area contributed by atoms with E-state index in [-0.39, 0.29) is 11.3 Å². The molecule has 5 rings (SSSR count). The SMILES string of the molecule is CC(C)(C)c1ccc(OCCCCn2c(C3CC(=O)N(C4CCCCC4)C3)nc3ccccc32)cc1. The summed E-state index contributed by atoms with van der Waals surface area (Å²) in [5, 5.41) is 0. The zero-order valence-electron chi connectivity index (χ0n) is 22.2. The Bertz CT molecular complexity index is 1170. The Morgan fingerprint density at radius 2 is 1.72 bits per heavy atom. The van der Waals surface area contributed by atoms with E-state index in [4.69, 9.17) is 9.72 Å². The van der Waals surface area contributed by atoms with Crippen LogP contribution in [0, 0.1) is 0 Å². The van der Waals surface area contributed by atoms with Crippen LogP contribution in [0.4, 0.5) is 0 Å². The molecule has 0 radical (unpaired) electrons. The fraction of sp³-hybridized carbons (Fsp3) is 0.548. The summed E-state index contributed by atoms with van der Waals surface area (Å²) in [6.07, 6.45) is 8.71. The summed E-state index contributed by atoms with van der Waals surface area (Å²) in [6, 6.07) is 17.3. The smallest absolute Gasteiger partial charge is 0.223 e. The lowest BCUT2D eigenvalue weighted by atomic mass is 9.87. The molecule has 1 atom stereocenters. The van der Waals surface area contributed by atoms with E-state index < -0.39 is 0 Å². The second-order valence-corrected chi connectivity index (χ2v) is 11.7. The number of aryl methyl sites for hydroxylation is 1. The number of carbonyl (C=O) groups is 1. The number of imidazole rings is 1. The van der Waals surface area contributed by atoms with Crippen LogP contribution in [0.1, 0.15) is 89.4 Å². The van der Waals surface area contributed by atoms with Gasteiger partial charge < -0.3 is 14.2 Å². The molecule has 1 amide bonds. The van der Waals surface area contributed by atoms with E-state index in [1.165, 1.54) is 30.3 Å². The molecule has 36 heavy (non-hydrogen) atoms. The Morgan fingerprint density at radius 1 is 0.972 bits per heavy atom. The minimum atomic E-state index is 0.154. The van der Waals surface area contributed by atoms with Crippen LogP contribution >= 0.6 is 0 Å². The third-order valence-corrected chi connectivity index (χ3v) is 7.99. The topological polar surface area (TPSA) is 47.4 Å². The van der Waals surface area contributed by atoms with Crippen molar-refractivity contribution < 1.29 is 9.53 Å². The maximum atomic E-state index is 13.0. The monoisotopic (exact) mass is 487 g/mol. The predicted molar refractivity (Wildman–Crippen MR) is 146 cm³/mol. The predicted octanol–water partition coefficient (Wildman–Crippen LogP) is 6.84. The van der Waals surface area contributed by atoms with E-state index in [1.807, 2.05) is 0 Å². The van der Waals surface area contributed by atoms with Crippen molar-refractivity contribution in [3.8, 4) is 5.75 Å². The Kier molecular flexibility index (Phi) is 7.36. The number of likely N-dealkylation sites (tertiary alicyclic amines) is 1. The largest absolute Gasteiger partial charge is 0.494 e. The lowest BCUT2D eigenvalue weighted by Gasteiger charge is -2.31. The van der Waals surface area contributed by atoms with Gasteiger partial charge in [-0.25, -0.2) is 4.98 Å². The molecule has 5 nitrogen and oxygen atoms in total. The number of ether oxygens (including phenoxy) is 1. The number of hydrogen-bond acceptors (Lipinski definition) is 3. The molecule has 1 saturated carbocycles. The van der Waals surface area contributed by atoms with E-state index in [1.54, 1.807) is 0 Å². The van der Waals surface area contributed by atoms with Crippen molar-refractivity contribution in [3.63, 3.8) is 0 Å². The summed E-state index contributed by atoms with van der Waals surface area (Å²) in [6.45, 7) is 9.11. The Hall–Kier alpha value is -2.82. The highest BCUT2D eigenvalue weighted by Gasteiger charge is 2.37. The minimum Gasteiger partial charge on any atom is -0.494 e. The first-order chi connectivity index (χ1) is 17.4. The lowest BCUT2D eigenvalue weighted by Crippen LogP contribution is -2.37. The van der Waals surface area contributed by atoms with E-state index in [0.717, 1.165) is 55.9 Å². The average Bonchev–Trinajstić information content (AvgIpc) is 3.44. The number of hydrogen-bond donors (Lipinski definition) is 0. The second kappa shape index (κ2) is 10.7. The maximum Gasteiger partial charge on any atom is 0.223 e. The van der Waals surface area contributed by atoms with Gasteiger partial charge in [0.15, 0.2) is 0 Å². The fourth-order valence-corrected chi connectivity index (χ4v) is 5.90. The third-order valence-electron chi connectivity index (χ3n) is 7.99. The summed E-state index contributed by atoms with van der Waals surface area (Å²) >= 11 is 0. The van der Waals surface area contributed by atoms with Gasteiger partial charge in [0.2, 0.25) is 5.91 Å². The normalized spacial score (nSPS) is 19.4. The van der Waals surface area contributed by atoms with Crippen molar-refractivity contribution in [3.05, 3.63) is 59.9 Å². The summed E-state index contributed by atoms with van der Waals surface area (Å²) < 4.78 is 8.40. The Labute approximate surface area is 215 Å². The summed E-state index contributed by atoms with van der Waals surface area (Å²) in [4.78, 5) is 20.2. The molecule has 1 aliphatic carbocycles. The first kappa shape index (κ1) is 24.9. The number of benzene rings is 2. The average molecular weight is 488 g/mol. The molecule has 5 heteroatoms. The Balaban J connectivity index is 1.21. The molecule has 1 unspecified atom stereocenters. The van der Waals surface area contributed by atoms with Gasteiger partial charge in [0, 0.05) is 31.5 Å². The third kappa shape index (κ3) is 5.45. The van der Waals surface area contributed by atoms with Crippen molar-refractivity contribution in [2.45, 2.75) is 96.1 Å².